The minimum Gasteiger partial charge on any atom is -0.278 e. The van der Waals surface area contributed by atoms with E-state index in [-0.39, 0.29) is 15.6 Å². The smallest absolute Gasteiger partial charge is 0.263 e. The van der Waals surface area contributed by atoms with Gasteiger partial charge in [0.05, 0.1) is 16.9 Å². The number of anilines is 1. The quantitative estimate of drug-likeness (QED) is 0.944. The van der Waals surface area contributed by atoms with Crippen LogP contribution in [0.15, 0.2) is 47.6 Å². The summed E-state index contributed by atoms with van der Waals surface area (Å²) in [4.78, 5) is 3.46. The Bertz CT molecular complexity index is 662. The van der Waals surface area contributed by atoms with Crippen LogP contribution in [0.1, 0.15) is 0 Å². The summed E-state index contributed by atoms with van der Waals surface area (Å²) in [6, 6.07) is 6.24. The monoisotopic (exact) mass is 286 g/mol. The van der Waals surface area contributed by atoms with Crippen molar-refractivity contribution in [3.63, 3.8) is 0 Å². The van der Waals surface area contributed by atoms with E-state index in [4.69, 9.17) is 11.6 Å². The zero-order valence-corrected chi connectivity index (χ0v) is 10.5. The molecule has 94 valence electrons. The van der Waals surface area contributed by atoms with Crippen molar-refractivity contribution in [1.82, 2.24) is 4.98 Å². The van der Waals surface area contributed by atoms with Crippen LogP contribution in [0.2, 0.25) is 5.02 Å². The molecule has 1 aromatic carbocycles. The van der Waals surface area contributed by atoms with E-state index >= 15 is 0 Å². The summed E-state index contributed by atoms with van der Waals surface area (Å²) in [6.07, 6.45) is 2.84. The molecule has 0 atom stereocenters. The van der Waals surface area contributed by atoms with E-state index in [0.717, 1.165) is 12.1 Å². The van der Waals surface area contributed by atoms with Crippen LogP contribution in [0.3, 0.4) is 0 Å². The van der Waals surface area contributed by atoms with Crippen LogP contribution in [-0.4, -0.2) is 13.4 Å². The second kappa shape index (κ2) is 4.91. The van der Waals surface area contributed by atoms with E-state index in [1.165, 1.54) is 24.5 Å². The predicted octanol–water partition coefficient (Wildman–Crippen LogP) is 2.67. The number of hydrogen-bond donors (Lipinski definition) is 1. The van der Waals surface area contributed by atoms with E-state index in [1.807, 2.05) is 0 Å². The maximum absolute atomic E-state index is 13.1. The largest absolute Gasteiger partial charge is 0.278 e. The first-order valence-corrected chi connectivity index (χ1v) is 6.73. The van der Waals surface area contributed by atoms with Gasteiger partial charge in [0.15, 0.2) is 0 Å². The van der Waals surface area contributed by atoms with Gasteiger partial charge in [0.1, 0.15) is 10.7 Å². The molecule has 1 heterocycles. The van der Waals surface area contributed by atoms with E-state index in [1.54, 1.807) is 6.07 Å². The van der Waals surface area contributed by atoms with Crippen LogP contribution in [0, 0.1) is 5.82 Å². The molecule has 0 radical (unpaired) electrons. The van der Waals surface area contributed by atoms with Gasteiger partial charge in [-0.1, -0.05) is 11.6 Å². The lowest BCUT2D eigenvalue weighted by Gasteiger charge is -2.08. The normalized spacial score (nSPS) is 11.2. The van der Waals surface area contributed by atoms with Gasteiger partial charge in [-0.3, -0.25) is 9.71 Å². The minimum atomic E-state index is -3.93. The zero-order valence-electron chi connectivity index (χ0n) is 8.97. The molecule has 2 rings (SSSR count). The van der Waals surface area contributed by atoms with E-state index < -0.39 is 15.8 Å². The Balaban J connectivity index is 2.40. The molecule has 0 amide bonds. The summed E-state index contributed by atoms with van der Waals surface area (Å²) in [5.41, 5.74) is 0.276. The van der Waals surface area contributed by atoms with Crippen molar-refractivity contribution in [2.24, 2.45) is 0 Å². The number of pyridine rings is 1. The molecule has 0 aliphatic carbocycles. The first-order chi connectivity index (χ1) is 8.49. The molecule has 7 heteroatoms. The fraction of sp³-hybridized carbons (Fsp3) is 0. The van der Waals surface area contributed by atoms with Crippen LogP contribution in [0.5, 0.6) is 0 Å². The van der Waals surface area contributed by atoms with Crippen LogP contribution in [0.25, 0.3) is 0 Å². The average Bonchev–Trinajstić information content (AvgIpc) is 2.33. The third-order valence-corrected chi connectivity index (χ3v) is 3.96. The fourth-order valence-electron chi connectivity index (χ4n) is 1.32. The summed E-state index contributed by atoms with van der Waals surface area (Å²) in [5, 5.41) is -0.0483. The number of rotatable bonds is 3. The van der Waals surface area contributed by atoms with Gasteiger partial charge in [-0.25, -0.2) is 12.8 Å². The summed E-state index contributed by atoms with van der Waals surface area (Å²) < 4.78 is 39.3. The Hall–Kier alpha value is -1.66. The second-order valence-corrected chi connectivity index (χ2v) is 5.48. The number of benzene rings is 1. The highest BCUT2D eigenvalue weighted by atomic mass is 35.5. The van der Waals surface area contributed by atoms with Gasteiger partial charge < -0.3 is 0 Å². The van der Waals surface area contributed by atoms with Gasteiger partial charge in [-0.05, 0) is 30.3 Å². The Morgan fingerprint density at radius 3 is 2.72 bits per heavy atom. The van der Waals surface area contributed by atoms with Gasteiger partial charge in [0, 0.05) is 6.20 Å². The van der Waals surface area contributed by atoms with Crippen LogP contribution in [-0.2, 0) is 10.0 Å². The number of nitrogens with one attached hydrogen (secondary N) is 1. The van der Waals surface area contributed by atoms with E-state index in [9.17, 15) is 12.8 Å². The summed E-state index contributed by atoms with van der Waals surface area (Å²) >= 11 is 5.75. The van der Waals surface area contributed by atoms with E-state index in [2.05, 4.69) is 9.71 Å². The lowest BCUT2D eigenvalue weighted by Crippen LogP contribution is -2.13. The highest BCUT2D eigenvalue weighted by Gasteiger charge is 2.18. The lowest BCUT2D eigenvalue weighted by molar-refractivity contribution is 0.595. The van der Waals surface area contributed by atoms with Gasteiger partial charge in [0.2, 0.25) is 0 Å². The van der Waals surface area contributed by atoms with Crippen molar-refractivity contribution in [3.8, 4) is 0 Å². The molecule has 18 heavy (non-hydrogen) atoms. The molecule has 1 N–H and O–H groups in total. The summed E-state index contributed by atoms with van der Waals surface area (Å²) in [5.74, 6) is -0.675. The molecule has 2 aromatic rings. The maximum Gasteiger partial charge on any atom is 0.263 e. The molecule has 0 saturated carbocycles. The molecule has 0 aliphatic heterocycles. The van der Waals surface area contributed by atoms with Gasteiger partial charge in [0.25, 0.3) is 10.0 Å². The van der Waals surface area contributed by atoms with Crippen molar-refractivity contribution in [3.05, 3.63) is 53.6 Å². The first kappa shape index (κ1) is 12.8. The molecule has 0 aliphatic rings. The van der Waals surface area contributed by atoms with Crippen LogP contribution < -0.4 is 4.72 Å². The van der Waals surface area contributed by atoms with Gasteiger partial charge >= 0.3 is 0 Å². The van der Waals surface area contributed by atoms with Crippen molar-refractivity contribution >= 4 is 27.3 Å². The Labute approximate surface area is 108 Å². The molecule has 1 aromatic heterocycles. The van der Waals surface area contributed by atoms with Crippen molar-refractivity contribution in [1.29, 1.82) is 0 Å². The topological polar surface area (TPSA) is 59.1 Å². The highest BCUT2D eigenvalue weighted by molar-refractivity contribution is 7.92. The van der Waals surface area contributed by atoms with Crippen LogP contribution >= 0.6 is 11.6 Å². The standard InChI is InChI=1S/C11H8ClFN2O2S/c12-10-4-3-8(13)6-11(10)18(16,17)15-9-2-1-5-14-7-9/h1-7,15H. The lowest BCUT2D eigenvalue weighted by atomic mass is 10.3. The second-order valence-electron chi connectivity index (χ2n) is 3.42. The Morgan fingerprint density at radius 1 is 1.28 bits per heavy atom. The Morgan fingerprint density at radius 2 is 2.06 bits per heavy atom. The molecule has 0 spiro atoms. The highest BCUT2D eigenvalue weighted by Crippen LogP contribution is 2.24. The number of sulfonamides is 1. The van der Waals surface area contributed by atoms with Crippen molar-refractivity contribution in [2.75, 3.05) is 4.72 Å². The number of halogens is 2. The predicted molar refractivity (Wildman–Crippen MR) is 66.5 cm³/mol. The number of hydrogen-bond acceptors (Lipinski definition) is 3. The van der Waals surface area contributed by atoms with E-state index in [0.29, 0.717) is 0 Å². The average molecular weight is 287 g/mol. The van der Waals surface area contributed by atoms with Gasteiger partial charge in [-0.15, -0.1) is 0 Å². The zero-order chi connectivity index (χ0) is 13.2. The fourth-order valence-corrected chi connectivity index (χ4v) is 2.87. The van der Waals surface area contributed by atoms with Crippen molar-refractivity contribution < 1.29 is 12.8 Å². The molecule has 0 fully saturated rings. The minimum absolute atomic E-state index is 0.0483. The first-order valence-electron chi connectivity index (χ1n) is 4.87. The van der Waals surface area contributed by atoms with Crippen LogP contribution in [0.4, 0.5) is 10.1 Å². The molecule has 0 bridgehead atoms. The molecular formula is C11H8ClFN2O2S. The van der Waals surface area contributed by atoms with Crippen molar-refractivity contribution in [2.45, 2.75) is 4.90 Å². The molecule has 0 unspecified atom stereocenters. The number of aromatic nitrogens is 1. The summed E-state index contributed by atoms with van der Waals surface area (Å²) in [6.45, 7) is 0. The number of nitrogens with zero attached hydrogens (tertiary/aromatic N) is 1. The third-order valence-electron chi connectivity index (χ3n) is 2.10. The maximum atomic E-state index is 13.1. The SMILES string of the molecule is O=S(=O)(Nc1cccnc1)c1cc(F)ccc1Cl. The molecule has 4 nitrogen and oxygen atoms in total. The third kappa shape index (κ3) is 2.77. The molecular weight excluding hydrogens is 279 g/mol. The summed E-state index contributed by atoms with van der Waals surface area (Å²) in [7, 11) is -3.93. The Kier molecular flexibility index (Phi) is 3.49. The van der Waals surface area contributed by atoms with Gasteiger partial charge in [-0.2, -0.15) is 0 Å². The molecule has 0 saturated heterocycles.